The number of hydrogen-bond donors (Lipinski definition) is 1. The molecular weight excluding hydrogens is 524 g/mol. The van der Waals surface area contributed by atoms with Gasteiger partial charge in [0.15, 0.2) is 17.6 Å². The molecule has 0 bridgehead atoms. The Kier molecular flexibility index (Phi) is 8.61. The normalized spacial score (nSPS) is 21.9. The molecule has 2 heterocycles. The Hall–Kier alpha value is -4.55. The third-order valence-electron chi connectivity index (χ3n) is 6.71. The summed E-state index contributed by atoms with van der Waals surface area (Å²) in [6.07, 6.45) is -2.63. The number of imidazole rings is 1. The van der Waals surface area contributed by atoms with Gasteiger partial charge < -0.3 is 28.8 Å². The average molecular weight is 553 g/mol. The molecule has 2 aromatic carbocycles. The first-order chi connectivity index (χ1) is 19.2. The second kappa shape index (κ2) is 12.1. The fraction of sp³-hybridized carbons (Fsp3) is 0.321. The smallest absolute Gasteiger partial charge is 0.359 e. The molecule has 0 aliphatic carbocycles. The molecule has 1 aliphatic heterocycles. The monoisotopic (exact) mass is 552 g/mol. The predicted octanol–water partition coefficient (Wildman–Crippen LogP) is 2.43. The zero-order valence-electron chi connectivity index (χ0n) is 22.0. The van der Waals surface area contributed by atoms with Gasteiger partial charge in [0.1, 0.15) is 25.4 Å². The molecule has 0 radical (unpaired) electrons. The van der Waals surface area contributed by atoms with Crippen LogP contribution >= 0.6 is 0 Å². The maximum atomic E-state index is 12.7. The van der Waals surface area contributed by atoms with Gasteiger partial charge in [0, 0.05) is 0 Å². The molecule has 3 aromatic rings. The minimum atomic E-state index is -1.43. The highest BCUT2D eigenvalue weighted by Crippen LogP contribution is 2.45. The average Bonchev–Trinajstić information content (AvgIpc) is 3.53. The van der Waals surface area contributed by atoms with Crippen LogP contribution < -0.4 is 0 Å². The second-order valence-corrected chi connectivity index (χ2v) is 9.20. The van der Waals surface area contributed by atoms with Gasteiger partial charge >= 0.3 is 23.9 Å². The number of carbonyl (C=O) groups excluding carboxylic acids is 4. The summed E-state index contributed by atoms with van der Waals surface area (Å²) in [5.74, 6) is -3.09. The Morgan fingerprint density at radius 2 is 1.43 bits per heavy atom. The first-order valence-corrected chi connectivity index (χ1v) is 12.2. The van der Waals surface area contributed by atoms with Gasteiger partial charge in [0.2, 0.25) is 0 Å². The van der Waals surface area contributed by atoms with Crippen molar-refractivity contribution in [2.24, 2.45) is 5.41 Å². The number of hydrogen-bond acceptors (Lipinski definition) is 11. The number of methoxy groups -OCH3 is 2. The first kappa shape index (κ1) is 28.5. The van der Waals surface area contributed by atoms with Crippen LogP contribution in [0.5, 0.6) is 0 Å². The van der Waals surface area contributed by atoms with Gasteiger partial charge in [0.25, 0.3) is 0 Å². The van der Waals surface area contributed by atoms with E-state index in [2.05, 4.69) is 4.98 Å². The molecule has 1 saturated heterocycles. The lowest BCUT2D eigenvalue weighted by Crippen LogP contribution is -2.44. The summed E-state index contributed by atoms with van der Waals surface area (Å²) in [4.78, 5) is 54.2. The summed E-state index contributed by atoms with van der Waals surface area (Å²) in [5, 5.41) is 11.5. The Bertz CT molecular complexity index is 1370. The van der Waals surface area contributed by atoms with Crippen LogP contribution in [0.4, 0.5) is 0 Å². The molecule has 210 valence electrons. The summed E-state index contributed by atoms with van der Waals surface area (Å²) in [5.41, 5.74) is -1.39. The molecule has 1 N–H and O–H groups in total. The van der Waals surface area contributed by atoms with Crippen LogP contribution in [0.15, 0.2) is 67.0 Å². The van der Waals surface area contributed by atoms with E-state index in [1.165, 1.54) is 0 Å². The number of ether oxygens (including phenoxy) is 5. The number of aromatic nitrogens is 2. The van der Waals surface area contributed by atoms with E-state index in [0.717, 1.165) is 25.1 Å². The Balaban J connectivity index is 1.64. The van der Waals surface area contributed by atoms with E-state index < -0.39 is 47.7 Å². The molecule has 1 aliphatic rings. The van der Waals surface area contributed by atoms with Crippen LogP contribution in [-0.4, -0.2) is 78.2 Å². The van der Waals surface area contributed by atoms with Crippen molar-refractivity contribution >= 4 is 23.9 Å². The van der Waals surface area contributed by atoms with E-state index in [-0.39, 0.29) is 24.6 Å². The molecule has 0 amide bonds. The van der Waals surface area contributed by atoms with Crippen molar-refractivity contribution in [3.05, 3.63) is 89.5 Å². The number of rotatable bonds is 9. The maximum absolute atomic E-state index is 12.7. The fourth-order valence-electron chi connectivity index (χ4n) is 4.33. The van der Waals surface area contributed by atoms with E-state index in [1.807, 2.05) is 0 Å². The van der Waals surface area contributed by atoms with Gasteiger partial charge in [0.05, 0.1) is 37.1 Å². The highest BCUT2D eigenvalue weighted by Gasteiger charge is 2.56. The summed E-state index contributed by atoms with van der Waals surface area (Å²) in [7, 11) is 2.24. The number of aliphatic hydroxyl groups is 1. The molecule has 1 aromatic heterocycles. The third kappa shape index (κ3) is 5.58. The number of carbonyl (C=O) groups is 4. The standard InChI is InChI=1S/C28H28N2O10/c1-28(15-39-25(33)18-12-8-5-9-13-18)19(14-38-24(32)17-10-6-4-7-11-17)40-23(22(28)31)30-16-29-20(26(34)36-2)21(30)27(35)37-3/h4-13,16,19,22-23,31H,14-15H2,1-3H3. The molecule has 12 nitrogen and oxygen atoms in total. The minimum absolute atomic E-state index is 0.299. The highest BCUT2D eigenvalue weighted by atomic mass is 16.6. The van der Waals surface area contributed by atoms with Gasteiger partial charge in [-0.2, -0.15) is 0 Å². The lowest BCUT2D eigenvalue weighted by atomic mass is 9.81. The molecule has 40 heavy (non-hydrogen) atoms. The van der Waals surface area contributed by atoms with Crippen molar-refractivity contribution in [3.63, 3.8) is 0 Å². The van der Waals surface area contributed by atoms with E-state index in [1.54, 1.807) is 67.6 Å². The molecular formula is C28H28N2O10. The van der Waals surface area contributed by atoms with Gasteiger partial charge in [-0.3, -0.25) is 4.57 Å². The van der Waals surface area contributed by atoms with Crippen LogP contribution in [0.2, 0.25) is 0 Å². The van der Waals surface area contributed by atoms with Crippen LogP contribution in [0, 0.1) is 5.41 Å². The Labute approximate surface area is 229 Å². The zero-order chi connectivity index (χ0) is 28.9. The van der Waals surface area contributed by atoms with E-state index in [4.69, 9.17) is 23.7 Å². The van der Waals surface area contributed by atoms with E-state index in [9.17, 15) is 24.3 Å². The second-order valence-electron chi connectivity index (χ2n) is 9.20. The van der Waals surface area contributed by atoms with Crippen molar-refractivity contribution in [2.45, 2.75) is 25.4 Å². The molecule has 0 saturated carbocycles. The number of benzene rings is 2. The number of nitrogens with zero attached hydrogens (tertiary/aromatic N) is 2. The molecule has 4 rings (SSSR count). The quantitative estimate of drug-likeness (QED) is 0.308. The van der Waals surface area contributed by atoms with Gasteiger partial charge in [-0.25, -0.2) is 24.2 Å². The summed E-state index contributed by atoms with van der Waals surface area (Å²) >= 11 is 0. The van der Waals surface area contributed by atoms with E-state index in [0.29, 0.717) is 11.1 Å². The number of esters is 4. The Morgan fingerprint density at radius 3 is 1.98 bits per heavy atom. The van der Waals surface area contributed by atoms with Gasteiger partial charge in [-0.1, -0.05) is 43.3 Å². The molecule has 1 fully saturated rings. The van der Waals surface area contributed by atoms with Gasteiger partial charge in [-0.05, 0) is 24.3 Å². The minimum Gasteiger partial charge on any atom is -0.464 e. The molecule has 4 unspecified atom stereocenters. The largest absolute Gasteiger partial charge is 0.464 e. The van der Waals surface area contributed by atoms with Crippen LogP contribution in [0.3, 0.4) is 0 Å². The van der Waals surface area contributed by atoms with Crippen molar-refractivity contribution in [3.8, 4) is 0 Å². The van der Waals surface area contributed by atoms with Crippen molar-refractivity contribution < 1.29 is 48.0 Å². The molecule has 0 spiro atoms. The van der Waals surface area contributed by atoms with Crippen LogP contribution in [0.1, 0.15) is 54.8 Å². The summed E-state index contributed by atoms with van der Waals surface area (Å²) < 4.78 is 27.8. The third-order valence-corrected chi connectivity index (χ3v) is 6.71. The number of aliphatic hydroxyl groups excluding tert-OH is 1. The fourth-order valence-corrected chi connectivity index (χ4v) is 4.33. The highest BCUT2D eigenvalue weighted by molar-refractivity contribution is 6.00. The van der Waals surface area contributed by atoms with Gasteiger partial charge in [-0.15, -0.1) is 0 Å². The SMILES string of the molecule is COC(=O)c1ncn(C2OC(COC(=O)c3ccccc3)C(C)(COC(=O)c3ccccc3)C2O)c1C(=O)OC. The molecule has 12 heteroatoms. The topological polar surface area (TPSA) is 152 Å². The maximum Gasteiger partial charge on any atom is 0.359 e. The van der Waals surface area contributed by atoms with Crippen molar-refractivity contribution in [2.75, 3.05) is 27.4 Å². The van der Waals surface area contributed by atoms with Crippen molar-refractivity contribution in [1.82, 2.24) is 9.55 Å². The van der Waals surface area contributed by atoms with Crippen LogP contribution in [-0.2, 0) is 23.7 Å². The van der Waals surface area contributed by atoms with Crippen LogP contribution in [0.25, 0.3) is 0 Å². The summed E-state index contributed by atoms with van der Waals surface area (Å²) in [6, 6.07) is 16.6. The molecule has 4 atom stereocenters. The lowest BCUT2D eigenvalue weighted by molar-refractivity contribution is -0.0635. The lowest BCUT2D eigenvalue weighted by Gasteiger charge is -2.31. The predicted molar refractivity (Wildman–Crippen MR) is 136 cm³/mol. The van der Waals surface area contributed by atoms with E-state index >= 15 is 0 Å². The Morgan fingerprint density at radius 1 is 0.875 bits per heavy atom. The summed E-state index contributed by atoms with van der Waals surface area (Å²) in [6.45, 7) is 0.928. The first-order valence-electron chi connectivity index (χ1n) is 12.2. The zero-order valence-corrected chi connectivity index (χ0v) is 22.0. The van der Waals surface area contributed by atoms with Crippen molar-refractivity contribution in [1.29, 1.82) is 0 Å².